The van der Waals surface area contributed by atoms with E-state index in [9.17, 15) is 18.0 Å². The number of hydrogen-bond donors (Lipinski definition) is 2. The quantitative estimate of drug-likeness (QED) is 0.852. The molecule has 8 heteroatoms. The molecule has 1 aliphatic heterocycles. The Morgan fingerprint density at radius 2 is 2.12 bits per heavy atom. The number of nitrogens with zero attached hydrogens (tertiary/aromatic N) is 2. The summed E-state index contributed by atoms with van der Waals surface area (Å²) in [5.41, 5.74) is -0.208. The highest BCUT2D eigenvalue weighted by Crippen LogP contribution is 2.28. The predicted octanol–water partition coefficient (Wildman–Crippen LogP) is 1.67. The van der Waals surface area contributed by atoms with Crippen molar-refractivity contribution in [2.24, 2.45) is 11.8 Å². The Kier molecular flexibility index (Phi) is 5.82. The Morgan fingerprint density at radius 1 is 1.42 bits per heavy atom. The standard InChI is InChI=1S/C16H22F3N3O2/c1-10(2)12-7-22(8-13(12)21-15(24)9-23)6-11-3-4-14(20-5-11)16(17,18)19/h3-5,10,12-13,23H,6-9H2,1-2H3,(H,21,24)/t12-,13+/m0/s1. The Balaban J connectivity index is 2.01. The molecule has 1 aromatic heterocycles. The van der Waals surface area contributed by atoms with Crippen LogP contribution in [-0.2, 0) is 17.5 Å². The van der Waals surface area contributed by atoms with Crippen molar-refractivity contribution in [3.8, 4) is 0 Å². The Hall–Kier alpha value is -1.67. The fraction of sp³-hybridized carbons (Fsp3) is 0.625. The molecule has 134 valence electrons. The van der Waals surface area contributed by atoms with Crippen LogP contribution in [-0.4, -0.2) is 46.6 Å². The van der Waals surface area contributed by atoms with Crippen LogP contribution < -0.4 is 5.32 Å². The van der Waals surface area contributed by atoms with E-state index < -0.39 is 24.4 Å². The second kappa shape index (κ2) is 7.48. The molecule has 0 radical (unpaired) electrons. The van der Waals surface area contributed by atoms with E-state index in [0.717, 1.165) is 12.6 Å². The molecule has 2 atom stereocenters. The first-order valence-electron chi connectivity index (χ1n) is 7.85. The molecule has 5 nitrogen and oxygen atoms in total. The molecule has 1 saturated heterocycles. The van der Waals surface area contributed by atoms with Gasteiger partial charge in [-0.15, -0.1) is 0 Å². The maximum absolute atomic E-state index is 12.5. The molecule has 1 fully saturated rings. The number of nitrogens with one attached hydrogen (secondary N) is 1. The van der Waals surface area contributed by atoms with Gasteiger partial charge in [0.05, 0.1) is 0 Å². The molecule has 0 spiro atoms. The Bertz CT molecular complexity index is 561. The summed E-state index contributed by atoms with van der Waals surface area (Å²) < 4.78 is 37.6. The van der Waals surface area contributed by atoms with E-state index in [-0.39, 0.29) is 12.0 Å². The minimum absolute atomic E-state index is 0.0768. The van der Waals surface area contributed by atoms with Gasteiger partial charge in [0.25, 0.3) is 0 Å². The third kappa shape index (κ3) is 4.67. The zero-order chi connectivity index (χ0) is 17.9. The molecule has 0 bridgehead atoms. The van der Waals surface area contributed by atoms with E-state index in [1.807, 2.05) is 0 Å². The number of carbonyl (C=O) groups excluding carboxylic acids is 1. The first-order valence-corrected chi connectivity index (χ1v) is 7.85. The van der Waals surface area contributed by atoms with Crippen LogP contribution in [0.4, 0.5) is 13.2 Å². The SMILES string of the molecule is CC(C)[C@@H]1CN(Cc2ccc(C(F)(F)F)nc2)C[C@H]1NC(=O)CO. The van der Waals surface area contributed by atoms with Gasteiger partial charge in [0, 0.05) is 31.9 Å². The van der Waals surface area contributed by atoms with Gasteiger partial charge in [0.2, 0.25) is 5.91 Å². The zero-order valence-electron chi connectivity index (χ0n) is 13.7. The minimum atomic E-state index is -4.44. The lowest BCUT2D eigenvalue weighted by atomic mass is 9.91. The number of aromatic nitrogens is 1. The van der Waals surface area contributed by atoms with Crippen LogP contribution in [0.3, 0.4) is 0 Å². The monoisotopic (exact) mass is 345 g/mol. The van der Waals surface area contributed by atoms with Gasteiger partial charge >= 0.3 is 6.18 Å². The number of carbonyl (C=O) groups is 1. The van der Waals surface area contributed by atoms with Crippen molar-refractivity contribution >= 4 is 5.91 Å². The lowest BCUT2D eigenvalue weighted by Crippen LogP contribution is -2.43. The molecule has 2 rings (SSSR count). The van der Waals surface area contributed by atoms with Crippen molar-refractivity contribution < 1.29 is 23.1 Å². The predicted molar refractivity (Wildman–Crippen MR) is 81.9 cm³/mol. The van der Waals surface area contributed by atoms with Crippen LogP contribution >= 0.6 is 0 Å². The van der Waals surface area contributed by atoms with Gasteiger partial charge in [0.15, 0.2) is 0 Å². The molecule has 1 aromatic rings. The molecule has 2 N–H and O–H groups in total. The molecule has 24 heavy (non-hydrogen) atoms. The number of aliphatic hydroxyl groups excluding tert-OH is 1. The summed E-state index contributed by atoms with van der Waals surface area (Å²) in [6.07, 6.45) is -3.19. The van der Waals surface area contributed by atoms with Crippen LogP contribution in [0.5, 0.6) is 0 Å². The smallest absolute Gasteiger partial charge is 0.387 e. The second-order valence-corrected chi connectivity index (χ2v) is 6.48. The molecule has 0 aliphatic carbocycles. The average Bonchev–Trinajstić information content (AvgIpc) is 2.89. The van der Waals surface area contributed by atoms with Crippen molar-refractivity contribution in [1.29, 1.82) is 0 Å². The number of aliphatic hydroxyl groups is 1. The zero-order valence-corrected chi connectivity index (χ0v) is 13.7. The summed E-state index contributed by atoms with van der Waals surface area (Å²) in [5.74, 6) is 0.149. The van der Waals surface area contributed by atoms with Gasteiger partial charge in [-0.25, -0.2) is 0 Å². The molecule has 0 unspecified atom stereocenters. The van der Waals surface area contributed by atoms with E-state index >= 15 is 0 Å². The van der Waals surface area contributed by atoms with Crippen LogP contribution in [0.15, 0.2) is 18.3 Å². The van der Waals surface area contributed by atoms with Crippen molar-refractivity contribution in [2.75, 3.05) is 19.7 Å². The lowest BCUT2D eigenvalue weighted by Gasteiger charge is -2.22. The number of likely N-dealkylation sites (tertiary alicyclic amines) is 1. The number of amides is 1. The van der Waals surface area contributed by atoms with Crippen molar-refractivity contribution in [3.63, 3.8) is 0 Å². The highest BCUT2D eigenvalue weighted by Gasteiger charge is 2.36. The van der Waals surface area contributed by atoms with E-state index in [4.69, 9.17) is 5.11 Å². The van der Waals surface area contributed by atoms with Gasteiger partial charge in [-0.2, -0.15) is 13.2 Å². The fourth-order valence-electron chi connectivity index (χ4n) is 3.07. The Labute approximate surface area is 138 Å². The van der Waals surface area contributed by atoms with Gasteiger partial charge < -0.3 is 10.4 Å². The van der Waals surface area contributed by atoms with Gasteiger partial charge in [-0.05, 0) is 23.5 Å². The summed E-state index contributed by atoms with van der Waals surface area (Å²) in [5, 5.41) is 11.7. The highest BCUT2D eigenvalue weighted by molar-refractivity contribution is 5.77. The molecule has 0 aromatic carbocycles. The molecule has 1 amide bonds. The first kappa shape index (κ1) is 18.7. The number of pyridine rings is 1. The average molecular weight is 345 g/mol. The van der Waals surface area contributed by atoms with E-state index in [1.54, 1.807) is 0 Å². The molecule has 0 saturated carbocycles. The number of hydrogen-bond acceptors (Lipinski definition) is 4. The van der Waals surface area contributed by atoms with Crippen molar-refractivity contribution in [1.82, 2.24) is 15.2 Å². The fourth-order valence-corrected chi connectivity index (χ4v) is 3.07. The number of rotatable bonds is 5. The van der Waals surface area contributed by atoms with Crippen LogP contribution in [0.1, 0.15) is 25.1 Å². The van der Waals surface area contributed by atoms with Crippen molar-refractivity contribution in [2.45, 2.75) is 32.6 Å². The van der Waals surface area contributed by atoms with Crippen molar-refractivity contribution in [3.05, 3.63) is 29.6 Å². The van der Waals surface area contributed by atoms with Crippen LogP contribution in [0.2, 0.25) is 0 Å². The minimum Gasteiger partial charge on any atom is -0.387 e. The normalized spacial score (nSPS) is 22.1. The Morgan fingerprint density at radius 3 is 2.62 bits per heavy atom. The summed E-state index contributed by atoms with van der Waals surface area (Å²) >= 11 is 0. The summed E-state index contributed by atoms with van der Waals surface area (Å²) in [4.78, 5) is 17.0. The molecule has 1 aliphatic rings. The summed E-state index contributed by atoms with van der Waals surface area (Å²) in [7, 11) is 0. The number of alkyl halides is 3. The maximum atomic E-state index is 12.5. The first-order chi connectivity index (χ1) is 11.2. The lowest BCUT2D eigenvalue weighted by molar-refractivity contribution is -0.141. The van der Waals surface area contributed by atoms with E-state index in [0.29, 0.717) is 24.6 Å². The van der Waals surface area contributed by atoms with Gasteiger partial charge in [0.1, 0.15) is 12.3 Å². The van der Waals surface area contributed by atoms with Crippen LogP contribution in [0.25, 0.3) is 0 Å². The largest absolute Gasteiger partial charge is 0.433 e. The maximum Gasteiger partial charge on any atom is 0.433 e. The highest BCUT2D eigenvalue weighted by atomic mass is 19.4. The van der Waals surface area contributed by atoms with E-state index in [2.05, 4.69) is 29.0 Å². The molecular weight excluding hydrogens is 323 g/mol. The summed E-state index contributed by atoms with van der Waals surface area (Å²) in [6.45, 7) is 5.37. The van der Waals surface area contributed by atoms with Crippen LogP contribution in [0, 0.1) is 11.8 Å². The second-order valence-electron chi connectivity index (χ2n) is 6.48. The van der Waals surface area contributed by atoms with Gasteiger partial charge in [-0.1, -0.05) is 19.9 Å². The van der Waals surface area contributed by atoms with Gasteiger partial charge in [-0.3, -0.25) is 14.7 Å². The summed E-state index contributed by atoms with van der Waals surface area (Å²) in [6, 6.07) is 2.34. The topological polar surface area (TPSA) is 65.5 Å². The number of halogens is 3. The van der Waals surface area contributed by atoms with E-state index in [1.165, 1.54) is 12.3 Å². The molecule has 2 heterocycles. The molecular formula is C16H22F3N3O2. The third-order valence-electron chi connectivity index (χ3n) is 4.31. The third-order valence-corrected chi connectivity index (χ3v) is 4.31.